The van der Waals surface area contributed by atoms with Crippen molar-refractivity contribution in [2.75, 3.05) is 20.3 Å². The van der Waals surface area contributed by atoms with Crippen LogP contribution in [-0.2, 0) is 11.3 Å². The standard InChI is InChI=1S/C16H18ClNO4/c1-11-4-3-5-13(17)15(11)21-10-12-6-7-14(22-12)16(19)18-8-9-20-2/h3-7H,8-10H2,1-2H3,(H,18,19). The highest BCUT2D eigenvalue weighted by Gasteiger charge is 2.12. The lowest BCUT2D eigenvalue weighted by Gasteiger charge is -2.09. The summed E-state index contributed by atoms with van der Waals surface area (Å²) in [6.07, 6.45) is 0. The minimum absolute atomic E-state index is 0.204. The highest BCUT2D eigenvalue weighted by atomic mass is 35.5. The number of carbonyl (C=O) groups is 1. The Morgan fingerprint density at radius 2 is 2.14 bits per heavy atom. The van der Waals surface area contributed by atoms with Crippen molar-refractivity contribution >= 4 is 17.5 Å². The van der Waals surface area contributed by atoms with Gasteiger partial charge in [0.25, 0.3) is 5.91 Å². The van der Waals surface area contributed by atoms with Gasteiger partial charge in [-0.25, -0.2) is 0 Å². The van der Waals surface area contributed by atoms with Crippen LogP contribution in [0.1, 0.15) is 21.9 Å². The van der Waals surface area contributed by atoms with Crippen LogP contribution in [0.15, 0.2) is 34.7 Å². The maximum Gasteiger partial charge on any atom is 0.287 e. The van der Waals surface area contributed by atoms with E-state index < -0.39 is 0 Å². The van der Waals surface area contributed by atoms with Crippen molar-refractivity contribution < 1.29 is 18.7 Å². The van der Waals surface area contributed by atoms with Gasteiger partial charge in [0.05, 0.1) is 11.6 Å². The van der Waals surface area contributed by atoms with E-state index in [0.717, 1.165) is 5.56 Å². The van der Waals surface area contributed by atoms with Crippen LogP contribution in [0.25, 0.3) is 0 Å². The normalized spacial score (nSPS) is 10.5. The summed E-state index contributed by atoms with van der Waals surface area (Å²) < 4.78 is 16.0. The van der Waals surface area contributed by atoms with Crippen molar-refractivity contribution in [2.45, 2.75) is 13.5 Å². The lowest BCUT2D eigenvalue weighted by atomic mass is 10.2. The van der Waals surface area contributed by atoms with E-state index >= 15 is 0 Å². The molecule has 2 aromatic rings. The molecule has 1 aromatic carbocycles. The number of halogens is 1. The summed E-state index contributed by atoms with van der Waals surface area (Å²) in [5.74, 6) is 1.13. The fraction of sp³-hybridized carbons (Fsp3) is 0.312. The summed E-state index contributed by atoms with van der Waals surface area (Å²) in [4.78, 5) is 11.8. The maximum atomic E-state index is 11.8. The van der Waals surface area contributed by atoms with Crippen molar-refractivity contribution in [1.82, 2.24) is 5.32 Å². The zero-order valence-corrected chi connectivity index (χ0v) is 13.3. The summed E-state index contributed by atoms with van der Waals surface area (Å²) in [6, 6.07) is 8.86. The highest BCUT2D eigenvalue weighted by molar-refractivity contribution is 6.32. The number of furan rings is 1. The Balaban J connectivity index is 1.93. The molecule has 1 amide bonds. The van der Waals surface area contributed by atoms with Gasteiger partial charge >= 0.3 is 0 Å². The molecular formula is C16H18ClNO4. The number of hydrogen-bond acceptors (Lipinski definition) is 4. The molecular weight excluding hydrogens is 306 g/mol. The average Bonchev–Trinajstić information content (AvgIpc) is 2.96. The van der Waals surface area contributed by atoms with Crippen LogP contribution in [0.2, 0.25) is 5.02 Å². The van der Waals surface area contributed by atoms with Crippen LogP contribution < -0.4 is 10.1 Å². The topological polar surface area (TPSA) is 60.7 Å². The molecule has 6 heteroatoms. The molecule has 0 saturated heterocycles. The third-order valence-corrected chi connectivity index (χ3v) is 3.30. The van der Waals surface area contributed by atoms with Gasteiger partial charge in [-0.15, -0.1) is 0 Å². The van der Waals surface area contributed by atoms with E-state index in [1.165, 1.54) is 0 Å². The van der Waals surface area contributed by atoms with Gasteiger partial charge in [0, 0.05) is 13.7 Å². The van der Waals surface area contributed by atoms with E-state index in [0.29, 0.717) is 29.7 Å². The van der Waals surface area contributed by atoms with Crippen molar-refractivity contribution in [3.63, 3.8) is 0 Å². The molecule has 1 aromatic heterocycles. The second-order valence-corrected chi connectivity index (χ2v) is 5.10. The summed E-state index contributed by atoms with van der Waals surface area (Å²) in [5.41, 5.74) is 0.941. The number of rotatable bonds is 7. The van der Waals surface area contributed by atoms with E-state index in [1.807, 2.05) is 19.1 Å². The van der Waals surface area contributed by atoms with Crippen molar-refractivity contribution in [1.29, 1.82) is 0 Å². The Kier molecular flexibility index (Phi) is 5.86. The molecule has 0 spiro atoms. The number of hydrogen-bond donors (Lipinski definition) is 1. The summed E-state index contributed by atoms with van der Waals surface area (Å²) in [6.45, 7) is 3.00. The van der Waals surface area contributed by atoms with E-state index in [2.05, 4.69) is 5.32 Å². The fourth-order valence-corrected chi connectivity index (χ4v) is 2.15. The van der Waals surface area contributed by atoms with Gasteiger partial charge in [-0.1, -0.05) is 23.7 Å². The van der Waals surface area contributed by atoms with Crippen molar-refractivity contribution in [3.05, 3.63) is 52.4 Å². The zero-order chi connectivity index (χ0) is 15.9. The van der Waals surface area contributed by atoms with Gasteiger partial charge in [0.1, 0.15) is 18.1 Å². The molecule has 0 bridgehead atoms. The Morgan fingerprint density at radius 1 is 1.32 bits per heavy atom. The number of methoxy groups -OCH3 is 1. The molecule has 0 aliphatic carbocycles. The molecule has 2 rings (SSSR count). The second kappa shape index (κ2) is 7.87. The van der Waals surface area contributed by atoms with Crippen LogP contribution >= 0.6 is 11.6 Å². The van der Waals surface area contributed by atoms with Gasteiger partial charge in [-0.2, -0.15) is 0 Å². The van der Waals surface area contributed by atoms with Crippen molar-refractivity contribution in [3.8, 4) is 5.75 Å². The van der Waals surface area contributed by atoms with Gasteiger partial charge in [-0.05, 0) is 30.7 Å². The number of aryl methyl sites for hydroxylation is 1. The van der Waals surface area contributed by atoms with E-state index in [-0.39, 0.29) is 18.3 Å². The maximum absolute atomic E-state index is 11.8. The Morgan fingerprint density at radius 3 is 2.86 bits per heavy atom. The first kappa shape index (κ1) is 16.4. The van der Waals surface area contributed by atoms with Gasteiger partial charge in [-0.3, -0.25) is 4.79 Å². The predicted molar refractivity (Wildman–Crippen MR) is 83.4 cm³/mol. The van der Waals surface area contributed by atoms with Crippen LogP contribution in [0.5, 0.6) is 5.75 Å². The summed E-state index contributed by atoms with van der Waals surface area (Å²) in [7, 11) is 1.57. The molecule has 22 heavy (non-hydrogen) atoms. The van der Waals surface area contributed by atoms with Crippen LogP contribution in [0.4, 0.5) is 0 Å². The van der Waals surface area contributed by atoms with Gasteiger partial charge in [0.2, 0.25) is 0 Å². The number of benzene rings is 1. The third-order valence-electron chi connectivity index (χ3n) is 3.00. The third kappa shape index (κ3) is 4.26. The molecule has 0 aliphatic heterocycles. The molecule has 0 aliphatic rings. The molecule has 0 unspecified atom stereocenters. The van der Waals surface area contributed by atoms with Crippen LogP contribution in [0, 0.1) is 6.92 Å². The molecule has 0 saturated carbocycles. The highest BCUT2D eigenvalue weighted by Crippen LogP contribution is 2.28. The summed E-state index contributed by atoms with van der Waals surface area (Å²) >= 11 is 6.09. The average molecular weight is 324 g/mol. The quantitative estimate of drug-likeness (QED) is 0.795. The molecule has 1 N–H and O–H groups in total. The van der Waals surface area contributed by atoms with Crippen LogP contribution in [0.3, 0.4) is 0 Å². The van der Waals surface area contributed by atoms with Gasteiger partial charge < -0.3 is 19.2 Å². The van der Waals surface area contributed by atoms with Crippen molar-refractivity contribution in [2.24, 2.45) is 0 Å². The Bertz CT molecular complexity index is 619. The summed E-state index contributed by atoms with van der Waals surface area (Å²) in [5, 5.41) is 3.23. The minimum Gasteiger partial charge on any atom is -0.484 e. The number of amides is 1. The number of nitrogens with one attached hydrogen (secondary N) is 1. The zero-order valence-electron chi connectivity index (χ0n) is 12.5. The number of para-hydroxylation sites is 1. The first-order chi connectivity index (χ1) is 10.6. The van der Waals surface area contributed by atoms with E-state index in [1.54, 1.807) is 25.3 Å². The minimum atomic E-state index is -0.280. The fourth-order valence-electron chi connectivity index (χ4n) is 1.87. The molecule has 0 radical (unpaired) electrons. The molecule has 0 atom stereocenters. The monoisotopic (exact) mass is 323 g/mol. The molecule has 5 nitrogen and oxygen atoms in total. The predicted octanol–water partition coefficient (Wildman–Crippen LogP) is 3.20. The Labute approximate surface area is 134 Å². The SMILES string of the molecule is COCCNC(=O)c1ccc(COc2c(C)cccc2Cl)o1. The molecule has 118 valence electrons. The molecule has 0 fully saturated rings. The van der Waals surface area contributed by atoms with E-state index in [9.17, 15) is 4.79 Å². The lowest BCUT2D eigenvalue weighted by molar-refractivity contribution is 0.0905. The first-order valence-corrected chi connectivity index (χ1v) is 7.23. The van der Waals surface area contributed by atoms with Gasteiger partial charge in [0.15, 0.2) is 5.76 Å². The smallest absolute Gasteiger partial charge is 0.287 e. The molecule has 1 heterocycles. The number of carbonyl (C=O) groups excluding carboxylic acids is 1. The van der Waals surface area contributed by atoms with Crippen LogP contribution in [-0.4, -0.2) is 26.2 Å². The largest absolute Gasteiger partial charge is 0.484 e. The second-order valence-electron chi connectivity index (χ2n) is 4.69. The van der Waals surface area contributed by atoms with E-state index in [4.69, 9.17) is 25.5 Å². The number of ether oxygens (including phenoxy) is 2. The lowest BCUT2D eigenvalue weighted by Crippen LogP contribution is -2.26. The first-order valence-electron chi connectivity index (χ1n) is 6.85. The Hall–Kier alpha value is -1.98.